The molecule has 1 rings (SSSR count). The summed E-state index contributed by atoms with van der Waals surface area (Å²) in [5.74, 6) is 0.395. The maximum atomic E-state index is 11.9. The Morgan fingerprint density at radius 3 is 2.74 bits per heavy atom. The van der Waals surface area contributed by atoms with Crippen LogP contribution in [-0.2, 0) is 10.8 Å². The van der Waals surface area contributed by atoms with Crippen molar-refractivity contribution in [2.45, 2.75) is 20.3 Å². The first kappa shape index (κ1) is 15.5. The molecule has 0 heterocycles. The maximum Gasteiger partial charge on any atom is 0.270 e. The molecule has 0 N–H and O–H groups in total. The molecule has 6 heteroatoms. The van der Waals surface area contributed by atoms with Crippen LogP contribution in [-0.4, -0.2) is 26.4 Å². The van der Waals surface area contributed by atoms with E-state index in [1.165, 1.54) is 24.3 Å². The van der Waals surface area contributed by atoms with E-state index in [4.69, 9.17) is 0 Å². The summed E-state index contributed by atoms with van der Waals surface area (Å²) in [5.41, 5.74) is 0.116. The molecule has 2 unspecified atom stereocenters. The summed E-state index contributed by atoms with van der Waals surface area (Å²) in [4.78, 5) is 22.0. The number of nitrogens with zero attached hydrogens (tertiary/aromatic N) is 1. The molecule has 19 heavy (non-hydrogen) atoms. The van der Waals surface area contributed by atoms with E-state index in [-0.39, 0.29) is 22.8 Å². The lowest BCUT2D eigenvalue weighted by atomic mass is 10.1. The largest absolute Gasteiger partial charge is 0.293 e. The minimum absolute atomic E-state index is 0.0779. The Labute approximate surface area is 114 Å². The quantitative estimate of drug-likeness (QED) is 0.438. The van der Waals surface area contributed by atoms with Crippen LogP contribution in [0.3, 0.4) is 0 Å². The highest BCUT2D eigenvalue weighted by Gasteiger charge is 2.15. The van der Waals surface area contributed by atoms with Crippen LogP contribution in [0.1, 0.15) is 30.6 Å². The number of nitro benzene ring substituents is 1. The van der Waals surface area contributed by atoms with E-state index in [0.717, 1.165) is 6.42 Å². The molecule has 0 fully saturated rings. The predicted octanol–water partition coefficient (Wildman–Crippen LogP) is 2.57. The van der Waals surface area contributed by atoms with Crippen LogP contribution < -0.4 is 0 Å². The number of ketones is 1. The van der Waals surface area contributed by atoms with Gasteiger partial charge in [-0.1, -0.05) is 32.4 Å². The molecule has 0 amide bonds. The van der Waals surface area contributed by atoms with Gasteiger partial charge in [0, 0.05) is 34.2 Å². The monoisotopic (exact) mass is 283 g/mol. The highest BCUT2D eigenvalue weighted by Crippen LogP contribution is 2.14. The normalized spacial score (nSPS) is 13.8. The first-order valence-corrected chi connectivity index (χ1v) is 7.55. The number of hydrogen-bond acceptors (Lipinski definition) is 4. The summed E-state index contributed by atoms with van der Waals surface area (Å²) in [7, 11) is -1.22. The lowest BCUT2D eigenvalue weighted by molar-refractivity contribution is -0.384. The molecule has 1 aromatic carbocycles. The van der Waals surface area contributed by atoms with Crippen LogP contribution in [0.15, 0.2) is 24.3 Å². The zero-order valence-electron chi connectivity index (χ0n) is 11.0. The fourth-order valence-electron chi connectivity index (χ4n) is 1.52. The van der Waals surface area contributed by atoms with E-state index in [1.54, 1.807) is 0 Å². The van der Waals surface area contributed by atoms with Crippen molar-refractivity contribution in [3.8, 4) is 0 Å². The van der Waals surface area contributed by atoms with Gasteiger partial charge >= 0.3 is 0 Å². The SMILES string of the molecule is CCC(C)CS(=O)CC(=O)c1cccc([N+](=O)[O-])c1. The molecule has 0 aliphatic heterocycles. The summed E-state index contributed by atoms with van der Waals surface area (Å²) in [5, 5.41) is 10.6. The number of Topliss-reactive ketones (excluding diaryl/α,β-unsaturated/α-hetero) is 1. The number of carbonyl (C=O) groups excluding carboxylic acids is 1. The minimum atomic E-state index is -1.22. The fourth-order valence-corrected chi connectivity index (χ4v) is 2.96. The van der Waals surface area contributed by atoms with Gasteiger partial charge < -0.3 is 0 Å². The lowest BCUT2D eigenvalue weighted by Gasteiger charge is -2.07. The fraction of sp³-hybridized carbons (Fsp3) is 0.462. The molecule has 2 atom stereocenters. The van der Waals surface area contributed by atoms with Gasteiger partial charge in [0.15, 0.2) is 5.78 Å². The minimum Gasteiger partial charge on any atom is -0.293 e. The molecule has 1 aromatic rings. The highest BCUT2D eigenvalue weighted by molar-refractivity contribution is 7.85. The van der Waals surface area contributed by atoms with Crippen LogP contribution in [0, 0.1) is 16.0 Å². The van der Waals surface area contributed by atoms with Crippen LogP contribution >= 0.6 is 0 Å². The Hall–Kier alpha value is -1.56. The van der Waals surface area contributed by atoms with E-state index < -0.39 is 15.7 Å². The van der Waals surface area contributed by atoms with Crippen molar-refractivity contribution in [1.29, 1.82) is 0 Å². The second-order valence-corrected chi connectivity index (χ2v) is 6.00. The Morgan fingerprint density at radius 2 is 2.16 bits per heavy atom. The van der Waals surface area contributed by atoms with Crippen LogP contribution in [0.5, 0.6) is 0 Å². The number of non-ortho nitro benzene ring substituents is 1. The Kier molecular flexibility index (Phi) is 5.82. The number of rotatable bonds is 7. The molecule has 0 saturated heterocycles. The molecule has 0 bridgehead atoms. The van der Waals surface area contributed by atoms with E-state index in [9.17, 15) is 19.1 Å². The van der Waals surface area contributed by atoms with Gasteiger partial charge in [-0.15, -0.1) is 0 Å². The van der Waals surface area contributed by atoms with Gasteiger partial charge in [0.2, 0.25) is 0 Å². The van der Waals surface area contributed by atoms with Gasteiger partial charge in [-0.05, 0) is 5.92 Å². The Morgan fingerprint density at radius 1 is 1.47 bits per heavy atom. The number of hydrogen-bond donors (Lipinski definition) is 0. The summed E-state index contributed by atoms with van der Waals surface area (Å²) in [6, 6.07) is 5.52. The molecule has 0 radical (unpaired) electrons. The average Bonchev–Trinajstić information content (AvgIpc) is 2.38. The van der Waals surface area contributed by atoms with Crippen LogP contribution in [0.25, 0.3) is 0 Å². The second-order valence-electron chi connectivity index (χ2n) is 4.49. The standard InChI is InChI=1S/C13H17NO4S/c1-3-10(2)8-19(18)9-13(15)11-5-4-6-12(7-11)14(16)17/h4-7,10H,3,8-9H2,1-2H3. The van der Waals surface area contributed by atoms with Crippen LogP contribution in [0.2, 0.25) is 0 Å². The molecule has 5 nitrogen and oxygen atoms in total. The zero-order chi connectivity index (χ0) is 14.4. The second kappa shape index (κ2) is 7.13. The third-order valence-electron chi connectivity index (χ3n) is 2.84. The molecule has 0 saturated carbocycles. The van der Waals surface area contributed by atoms with Crippen molar-refractivity contribution in [2.24, 2.45) is 5.92 Å². The van der Waals surface area contributed by atoms with E-state index >= 15 is 0 Å². The Balaban J connectivity index is 2.70. The first-order chi connectivity index (χ1) is 8.93. The van der Waals surface area contributed by atoms with Crippen molar-refractivity contribution in [2.75, 3.05) is 11.5 Å². The maximum absolute atomic E-state index is 11.9. The van der Waals surface area contributed by atoms with Gasteiger partial charge in [-0.25, -0.2) is 0 Å². The van der Waals surface area contributed by atoms with Crippen molar-refractivity contribution >= 4 is 22.3 Å². The molecular weight excluding hydrogens is 266 g/mol. The average molecular weight is 283 g/mol. The van der Waals surface area contributed by atoms with Gasteiger partial charge in [-0.3, -0.25) is 19.1 Å². The summed E-state index contributed by atoms with van der Waals surface area (Å²) >= 11 is 0. The number of nitro groups is 1. The number of carbonyl (C=O) groups is 1. The highest BCUT2D eigenvalue weighted by atomic mass is 32.2. The van der Waals surface area contributed by atoms with Gasteiger partial charge in [0.05, 0.1) is 10.7 Å². The topological polar surface area (TPSA) is 77.3 Å². The van der Waals surface area contributed by atoms with E-state index in [2.05, 4.69) is 0 Å². The van der Waals surface area contributed by atoms with Crippen molar-refractivity contribution in [1.82, 2.24) is 0 Å². The van der Waals surface area contributed by atoms with Crippen LogP contribution in [0.4, 0.5) is 5.69 Å². The summed E-state index contributed by atoms with van der Waals surface area (Å²) < 4.78 is 11.8. The summed E-state index contributed by atoms with van der Waals surface area (Å²) in [6.45, 7) is 3.99. The molecular formula is C13H17NO4S. The van der Waals surface area contributed by atoms with E-state index in [1.807, 2.05) is 13.8 Å². The number of benzene rings is 1. The first-order valence-electron chi connectivity index (χ1n) is 6.06. The summed E-state index contributed by atoms with van der Waals surface area (Å²) in [6.07, 6.45) is 0.913. The zero-order valence-corrected chi connectivity index (χ0v) is 11.8. The van der Waals surface area contributed by atoms with Crippen molar-refractivity contribution in [3.63, 3.8) is 0 Å². The molecule has 0 aromatic heterocycles. The third kappa shape index (κ3) is 4.90. The smallest absolute Gasteiger partial charge is 0.270 e. The Bertz CT molecular complexity index is 501. The molecule has 0 aliphatic carbocycles. The van der Waals surface area contributed by atoms with Gasteiger partial charge in [0.1, 0.15) is 0 Å². The molecule has 0 aliphatic rings. The molecule has 104 valence electrons. The van der Waals surface area contributed by atoms with Gasteiger partial charge in [0.25, 0.3) is 5.69 Å². The van der Waals surface area contributed by atoms with Crippen molar-refractivity contribution < 1.29 is 13.9 Å². The van der Waals surface area contributed by atoms with E-state index in [0.29, 0.717) is 11.7 Å². The van der Waals surface area contributed by atoms with Crippen molar-refractivity contribution in [3.05, 3.63) is 39.9 Å². The lowest BCUT2D eigenvalue weighted by Crippen LogP contribution is -2.16. The predicted molar refractivity (Wildman–Crippen MR) is 74.8 cm³/mol. The third-order valence-corrected chi connectivity index (χ3v) is 4.36. The molecule has 0 spiro atoms. The van der Waals surface area contributed by atoms with Gasteiger partial charge in [-0.2, -0.15) is 0 Å².